The molecule has 0 bridgehead atoms. The molecule has 0 aliphatic carbocycles. The Kier molecular flexibility index (Phi) is 5.23. The first kappa shape index (κ1) is 17.0. The van der Waals surface area contributed by atoms with Crippen LogP contribution in [0.4, 0.5) is 14.9 Å². The molecule has 2 heterocycles. The van der Waals surface area contributed by atoms with E-state index in [4.69, 9.17) is 0 Å². The number of rotatable bonds is 3. The third-order valence-corrected chi connectivity index (χ3v) is 4.99. The van der Waals surface area contributed by atoms with Gasteiger partial charge in [-0.25, -0.2) is 9.18 Å². The van der Waals surface area contributed by atoms with Crippen LogP contribution in [-0.4, -0.2) is 48.3 Å². The number of nitrogens with one attached hydrogen (secondary N) is 1. The van der Waals surface area contributed by atoms with Crippen molar-refractivity contribution in [3.8, 4) is 0 Å². The Labute approximate surface area is 142 Å². The van der Waals surface area contributed by atoms with Crippen molar-refractivity contribution in [2.45, 2.75) is 44.8 Å². The van der Waals surface area contributed by atoms with Gasteiger partial charge in [-0.2, -0.15) is 0 Å². The molecule has 2 N–H and O–H groups in total. The Morgan fingerprint density at radius 3 is 2.58 bits per heavy atom. The van der Waals surface area contributed by atoms with E-state index < -0.39 is 0 Å². The van der Waals surface area contributed by atoms with Crippen molar-refractivity contribution in [1.29, 1.82) is 0 Å². The zero-order valence-corrected chi connectivity index (χ0v) is 14.2. The maximum absolute atomic E-state index is 13.8. The Hall–Kier alpha value is -1.82. The number of hydrogen-bond donors (Lipinski definition) is 2. The highest BCUT2D eigenvalue weighted by Gasteiger charge is 2.24. The molecule has 24 heavy (non-hydrogen) atoms. The number of aliphatic hydroxyl groups is 1. The second-order valence-electron chi connectivity index (χ2n) is 6.79. The van der Waals surface area contributed by atoms with Gasteiger partial charge in [0.2, 0.25) is 0 Å². The molecule has 2 aliphatic rings. The first-order valence-electron chi connectivity index (χ1n) is 8.82. The van der Waals surface area contributed by atoms with Crippen LogP contribution in [0.25, 0.3) is 0 Å². The second kappa shape index (κ2) is 7.38. The minimum Gasteiger partial charge on any atom is -0.393 e. The average Bonchev–Trinajstić information content (AvgIpc) is 3.10. The number of amides is 2. The molecule has 5 nitrogen and oxygen atoms in total. The van der Waals surface area contributed by atoms with E-state index in [-0.39, 0.29) is 24.0 Å². The predicted molar refractivity (Wildman–Crippen MR) is 91.6 cm³/mol. The van der Waals surface area contributed by atoms with Crippen LogP contribution in [0.5, 0.6) is 0 Å². The van der Waals surface area contributed by atoms with Crippen molar-refractivity contribution >= 4 is 11.7 Å². The predicted octanol–water partition coefficient (Wildman–Crippen LogP) is 2.65. The van der Waals surface area contributed by atoms with Gasteiger partial charge >= 0.3 is 6.03 Å². The van der Waals surface area contributed by atoms with E-state index in [1.165, 1.54) is 12.1 Å². The molecule has 0 unspecified atom stereocenters. The normalized spacial score (nSPS) is 20.3. The minimum atomic E-state index is -0.298. The van der Waals surface area contributed by atoms with Gasteiger partial charge in [-0.3, -0.25) is 0 Å². The van der Waals surface area contributed by atoms with E-state index >= 15 is 0 Å². The molecule has 1 aromatic carbocycles. The van der Waals surface area contributed by atoms with Crippen molar-refractivity contribution in [1.82, 2.24) is 10.2 Å². The lowest BCUT2D eigenvalue weighted by Gasteiger charge is -2.34. The van der Waals surface area contributed by atoms with Crippen molar-refractivity contribution < 1.29 is 14.3 Å². The number of aliphatic hydroxyl groups excluding tert-OH is 1. The summed E-state index contributed by atoms with van der Waals surface area (Å²) >= 11 is 0. The fourth-order valence-corrected chi connectivity index (χ4v) is 3.54. The van der Waals surface area contributed by atoms with Crippen LogP contribution in [0, 0.1) is 5.82 Å². The summed E-state index contributed by atoms with van der Waals surface area (Å²) in [4.78, 5) is 16.3. The number of nitrogens with zero attached hydrogens (tertiary/aromatic N) is 2. The molecule has 0 saturated carbocycles. The number of carbonyl (C=O) groups excluding carboxylic acids is 1. The summed E-state index contributed by atoms with van der Waals surface area (Å²) < 4.78 is 13.8. The Bertz CT molecular complexity index is 582. The number of urea groups is 1. The number of carbonyl (C=O) groups is 1. The summed E-state index contributed by atoms with van der Waals surface area (Å²) in [5.74, 6) is -0.298. The van der Waals surface area contributed by atoms with Crippen LogP contribution in [-0.2, 0) is 0 Å². The summed E-state index contributed by atoms with van der Waals surface area (Å²) in [6, 6.07) is 4.40. The zero-order valence-electron chi connectivity index (χ0n) is 14.2. The molecule has 2 fully saturated rings. The maximum Gasteiger partial charge on any atom is 0.317 e. The van der Waals surface area contributed by atoms with Crippen LogP contribution in [0.15, 0.2) is 18.2 Å². The fourth-order valence-electron chi connectivity index (χ4n) is 3.54. The van der Waals surface area contributed by atoms with Crippen molar-refractivity contribution in [2.24, 2.45) is 0 Å². The van der Waals surface area contributed by atoms with Crippen LogP contribution in [0.2, 0.25) is 0 Å². The molecule has 1 atom stereocenters. The largest absolute Gasteiger partial charge is 0.393 e. The highest BCUT2D eigenvalue weighted by Crippen LogP contribution is 2.30. The molecule has 0 aromatic heterocycles. The minimum absolute atomic E-state index is 0.0794. The first-order valence-corrected chi connectivity index (χ1v) is 8.82. The summed E-state index contributed by atoms with van der Waals surface area (Å²) in [5.41, 5.74) is 1.73. The van der Waals surface area contributed by atoms with Gasteiger partial charge in [0, 0.05) is 37.4 Å². The fraction of sp³-hybridized carbons (Fsp3) is 0.611. The summed E-state index contributed by atoms with van der Waals surface area (Å²) in [6.07, 6.45) is 3.26. The van der Waals surface area contributed by atoms with Crippen molar-refractivity contribution in [3.05, 3.63) is 29.6 Å². The molecule has 2 amide bonds. The molecule has 2 aliphatic heterocycles. The highest BCUT2D eigenvalue weighted by atomic mass is 19.1. The SMILES string of the molecule is C[C@@H](NC(=O)N1CCCC1)c1cc(F)ccc1N1CCC(O)CC1. The molecule has 6 heteroatoms. The summed E-state index contributed by atoms with van der Waals surface area (Å²) in [5, 5.41) is 12.7. The van der Waals surface area contributed by atoms with E-state index in [1.54, 1.807) is 6.07 Å². The molecule has 0 radical (unpaired) electrons. The Morgan fingerprint density at radius 1 is 1.25 bits per heavy atom. The Balaban J connectivity index is 1.75. The monoisotopic (exact) mass is 335 g/mol. The third kappa shape index (κ3) is 3.80. The van der Waals surface area contributed by atoms with Gasteiger partial charge in [-0.05, 0) is 50.8 Å². The van der Waals surface area contributed by atoms with Crippen LogP contribution in [0.1, 0.15) is 44.2 Å². The van der Waals surface area contributed by atoms with E-state index in [9.17, 15) is 14.3 Å². The lowest BCUT2D eigenvalue weighted by molar-refractivity contribution is 0.145. The standard InChI is InChI=1S/C18H26FN3O2/c1-13(20-18(24)22-8-2-3-9-22)16-12-14(19)4-5-17(16)21-10-6-15(23)7-11-21/h4-5,12-13,15,23H,2-3,6-11H2,1H3,(H,20,24)/t13-/m1/s1. The third-order valence-electron chi connectivity index (χ3n) is 4.99. The number of piperidine rings is 1. The van der Waals surface area contributed by atoms with E-state index in [2.05, 4.69) is 10.2 Å². The van der Waals surface area contributed by atoms with Crippen LogP contribution >= 0.6 is 0 Å². The quantitative estimate of drug-likeness (QED) is 0.893. The zero-order chi connectivity index (χ0) is 17.1. The maximum atomic E-state index is 13.8. The lowest BCUT2D eigenvalue weighted by Crippen LogP contribution is -2.40. The molecular weight excluding hydrogens is 309 g/mol. The first-order chi connectivity index (χ1) is 11.5. The molecular formula is C18H26FN3O2. The lowest BCUT2D eigenvalue weighted by atomic mass is 10.0. The van der Waals surface area contributed by atoms with Crippen LogP contribution < -0.4 is 10.2 Å². The average molecular weight is 335 g/mol. The van der Waals surface area contributed by atoms with Gasteiger partial charge in [0.25, 0.3) is 0 Å². The van der Waals surface area contributed by atoms with Crippen molar-refractivity contribution in [3.63, 3.8) is 0 Å². The number of halogens is 1. The number of hydrogen-bond acceptors (Lipinski definition) is 3. The van der Waals surface area contributed by atoms with E-state index in [1.807, 2.05) is 11.8 Å². The second-order valence-corrected chi connectivity index (χ2v) is 6.79. The van der Waals surface area contributed by atoms with Gasteiger partial charge in [-0.15, -0.1) is 0 Å². The molecule has 132 valence electrons. The molecule has 2 saturated heterocycles. The van der Waals surface area contributed by atoms with Gasteiger partial charge in [0.1, 0.15) is 5.82 Å². The number of benzene rings is 1. The summed E-state index contributed by atoms with van der Waals surface area (Å²) in [6.45, 7) is 4.96. The van der Waals surface area contributed by atoms with Gasteiger partial charge in [-0.1, -0.05) is 0 Å². The van der Waals surface area contributed by atoms with Gasteiger partial charge < -0.3 is 20.2 Å². The number of likely N-dealkylation sites (tertiary alicyclic amines) is 1. The topological polar surface area (TPSA) is 55.8 Å². The van der Waals surface area contributed by atoms with Crippen molar-refractivity contribution in [2.75, 3.05) is 31.1 Å². The Morgan fingerprint density at radius 2 is 1.92 bits per heavy atom. The molecule has 0 spiro atoms. The molecule has 1 aromatic rings. The van der Waals surface area contributed by atoms with E-state index in [0.717, 1.165) is 50.3 Å². The molecule has 3 rings (SSSR count). The summed E-state index contributed by atoms with van der Waals surface area (Å²) in [7, 11) is 0. The number of anilines is 1. The van der Waals surface area contributed by atoms with Gasteiger partial charge in [0.05, 0.1) is 12.1 Å². The smallest absolute Gasteiger partial charge is 0.317 e. The van der Waals surface area contributed by atoms with Gasteiger partial charge in [0.15, 0.2) is 0 Å². The van der Waals surface area contributed by atoms with Crippen LogP contribution in [0.3, 0.4) is 0 Å². The van der Waals surface area contributed by atoms with E-state index in [0.29, 0.717) is 12.8 Å². The highest BCUT2D eigenvalue weighted by molar-refractivity contribution is 5.75.